The molecule has 0 bridgehead atoms. The number of rotatable bonds is 7. The van der Waals surface area contributed by atoms with Gasteiger partial charge in [-0.05, 0) is 48.4 Å². The lowest BCUT2D eigenvalue weighted by Crippen LogP contribution is -2.27. The van der Waals surface area contributed by atoms with Gasteiger partial charge in [0.05, 0.1) is 0 Å². The van der Waals surface area contributed by atoms with E-state index in [-0.39, 0.29) is 6.04 Å². The van der Waals surface area contributed by atoms with Gasteiger partial charge in [-0.25, -0.2) is 0 Å². The minimum Gasteiger partial charge on any atom is -0.324 e. The van der Waals surface area contributed by atoms with Gasteiger partial charge in [-0.1, -0.05) is 35.0 Å². The summed E-state index contributed by atoms with van der Waals surface area (Å²) in [7, 11) is 0. The van der Waals surface area contributed by atoms with Crippen molar-refractivity contribution in [3.8, 4) is 0 Å². The van der Waals surface area contributed by atoms with Crippen molar-refractivity contribution in [2.45, 2.75) is 25.9 Å². The molecule has 2 aromatic rings. The zero-order chi connectivity index (χ0) is 15.1. The van der Waals surface area contributed by atoms with E-state index in [2.05, 4.69) is 57.0 Å². The molecule has 0 saturated carbocycles. The molecule has 0 saturated heterocycles. The normalized spacial score (nSPS) is 12.6. The minimum absolute atomic E-state index is 0.0778. The van der Waals surface area contributed by atoms with Gasteiger partial charge in [-0.2, -0.15) is 0 Å². The van der Waals surface area contributed by atoms with Crippen LogP contribution in [-0.2, 0) is 6.54 Å². The number of hydrogen-bond donors (Lipinski definition) is 1. The predicted octanol–water partition coefficient (Wildman–Crippen LogP) is 3.76. The van der Waals surface area contributed by atoms with E-state index in [1.165, 1.54) is 11.1 Å². The highest BCUT2D eigenvalue weighted by Gasteiger charge is 2.10. The second-order valence-corrected chi connectivity index (χ2v) is 6.09. The van der Waals surface area contributed by atoms with E-state index in [0.717, 1.165) is 30.5 Å². The fourth-order valence-electron chi connectivity index (χ4n) is 2.32. The third kappa shape index (κ3) is 5.23. The Hall–Kier alpha value is -1.23. The molecule has 2 N–H and O–H groups in total. The lowest BCUT2D eigenvalue weighted by atomic mass is 10.0. The number of nitrogens with two attached hydrogens (primary N) is 1. The van der Waals surface area contributed by atoms with Gasteiger partial charge in [-0.15, -0.1) is 0 Å². The lowest BCUT2D eigenvalue weighted by Gasteiger charge is -2.22. The van der Waals surface area contributed by atoms with Crippen molar-refractivity contribution < 1.29 is 0 Å². The number of benzene rings is 1. The number of hydrogen-bond acceptors (Lipinski definition) is 3. The number of nitrogens with zero attached hydrogens (tertiary/aromatic N) is 2. The molecule has 4 heteroatoms. The largest absolute Gasteiger partial charge is 0.324 e. The zero-order valence-corrected chi connectivity index (χ0v) is 14.0. The van der Waals surface area contributed by atoms with Crippen LogP contribution >= 0.6 is 15.9 Å². The average Bonchev–Trinajstić information content (AvgIpc) is 2.52. The van der Waals surface area contributed by atoms with Crippen molar-refractivity contribution in [2.75, 3.05) is 13.1 Å². The molecule has 112 valence electrons. The molecule has 0 amide bonds. The highest BCUT2D eigenvalue weighted by molar-refractivity contribution is 9.10. The SMILES string of the molecule is CCN(CCC(N)c1cccc(Br)c1)Cc1ccncc1. The Labute approximate surface area is 135 Å². The number of halogens is 1. The standard InChI is InChI=1S/C17H22BrN3/c1-2-21(13-14-6-9-20-10-7-14)11-8-17(19)15-4-3-5-16(18)12-15/h3-7,9-10,12,17H,2,8,11,13,19H2,1H3. The van der Waals surface area contributed by atoms with Crippen molar-refractivity contribution in [1.82, 2.24) is 9.88 Å². The molecule has 0 spiro atoms. The summed E-state index contributed by atoms with van der Waals surface area (Å²) < 4.78 is 1.08. The van der Waals surface area contributed by atoms with Crippen LogP contribution in [0.25, 0.3) is 0 Å². The van der Waals surface area contributed by atoms with Crippen molar-refractivity contribution in [3.63, 3.8) is 0 Å². The molecule has 1 heterocycles. The topological polar surface area (TPSA) is 42.1 Å². The van der Waals surface area contributed by atoms with E-state index in [1.54, 1.807) is 0 Å². The predicted molar refractivity (Wildman–Crippen MR) is 90.9 cm³/mol. The first kappa shape index (κ1) is 16.1. The molecule has 0 fully saturated rings. The molecule has 0 aliphatic rings. The highest BCUT2D eigenvalue weighted by atomic mass is 79.9. The molecule has 1 aromatic carbocycles. The Balaban J connectivity index is 1.88. The Bertz CT molecular complexity index is 545. The second kappa shape index (κ2) is 8.27. The molecule has 1 unspecified atom stereocenters. The number of pyridine rings is 1. The fraction of sp³-hybridized carbons (Fsp3) is 0.353. The second-order valence-electron chi connectivity index (χ2n) is 5.17. The third-order valence-corrected chi connectivity index (χ3v) is 4.13. The van der Waals surface area contributed by atoms with Crippen LogP contribution in [-0.4, -0.2) is 23.0 Å². The van der Waals surface area contributed by atoms with Gasteiger partial charge < -0.3 is 5.73 Å². The summed E-state index contributed by atoms with van der Waals surface area (Å²) in [6, 6.07) is 12.5. The van der Waals surface area contributed by atoms with Crippen LogP contribution in [0.3, 0.4) is 0 Å². The number of aromatic nitrogens is 1. The molecule has 1 aromatic heterocycles. The summed E-state index contributed by atoms with van der Waals surface area (Å²) in [5.41, 5.74) is 8.78. The van der Waals surface area contributed by atoms with Crippen LogP contribution in [0.1, 0.15) is 30.5 Å². The Morgan fingerprint density at radius 2 is 2.00 bits per heavy atom. The minimum atomic E-state index is 0.0778. The van der Waals surface area contributed by atoms with Gasteiger partial charge in [-0.3, -0.25) is 9.88 Å². The summed E-state index contributed by atoms with van der Waals surface area (Å²) in [5.74, 6) is 0. The van der Waals surface area contributed by atoms with Crippen LogP contribution < -0.4 is 5.73 Å². The van der Waals surface area contributed by atoms with Gasteiger partial charge >= 0.3 is 0 Å². The van der Waals surface area contributed by atoms with E-state index in [4.69, 9.17) is 5.73 Å². The Morgan fingerprint density at radius 1 is 1.24 bits per heavy atom. The quantitative estimate of drug-likeness (QED) is 0.829. The van der Waals surface area contributed by atoms with Crippen LogP contribution in [0.2, 0.25) is 0 Å². The summed E-state index contributed by atoms with van der Waals surface area (Å²) in [6.07, 6.45) is 4.64. The maximum atomic E-state index is 6.30. The molecule has 1 atom stereocenters. The molecular weight excluding hydrogens is 326 g/mol. The van der Waals surface area contributed by atoms with Crippen LogP contribution in [0, 0.1) is 0 Å². The van der Waals surface area contributed by atoms with Gasteiger partial charge in [0.15, 0.2) is 0 Å². The van der Waals surface area contributed by atoms with Crippen molar-refractivity contribution in [2.24, 2.45) is 5.73 Å². The first-order chi connectivity index (χ1) is 10.2. The summed E-state index contributed by atoms with van der Waals surface area (Å²) in [4.78, 5) is 6.47. The Morgan fingerprint density at radius 3 is 2.67 bits per heavy atom. The van der Waals surface area contributed by atoms with E-state index < -0.39 is 0 Å². The van der Waals surface area contributed by atoms with Gasteiger partial charge in [0, 0.05) is 36.0 Å². The molecular formula is C17H22BrN3. The van der Waals surface area contributed by atoms with Crippen molar-refractivity contribution in [1.29, 1.82) is 0 Å². The highest BCUT2D eigenvalue weighted by Crippen LogP contribution is 2.19. The zero-order valence-electron chi connectivity index (χ0n) is 12.4. The molecule has 21 heavy (non-hydrogen) atoms. The van der Waals surface area contributed by atoms with Crippen LogP contribution in [0.5, 0.6) is 0 Å². The monoisotopic (exact) mass is 347 g/mol. The summed E-state index contributed by atoms with van der Waals surface area (Å²) in [5, 5.41) is 0. The average molecular weight is 348 g/mol. The smallest absolute Gasteiger partial charge is 0.0307 e. The van der Waals surface area contributed by atoms with Crippen LogP contribution in [0.4, 0.5) is 0 Å². The summed E-state index contributed by atoms with van der Waals surface area (Å²) in [6.45, 7) is 5.15. The van der Waals surface area contributed by atoms with Crippen molar-refractivity contribution in [3.05, 3.63) is 64.4 Å². The van der Waals surface area contributed by atoms with E-state index in [1.807, 2.05) is 24.5 Å². The molecule has 0 aliphatic heterocycles. The molecule has 0 radical (unpaired) electrons. The van der Waals surface area contributed by atoms with Crippen molar-refractivity contribution >= 4 is 15.9 Å². The molecule has 2 rings (SSSR count). The van der Waals surface area contributed by atoms with Gasteiger partial charge in [0.1, 0.15) is 0 Å². The first-order valence-electron chi connectivity index (χ1n) is 7.31. The van der Waals surface area contributed by atoms with E-state index in [0.29, 0.717) is 0 Å². The molecule has 0 aliphatic carbocycles. The molecule has 3 nitrogen and oxygen atoms in total. The Kier molecular flexibility index (Phi) is 6.36. The maximum absolute atomic E-state index is 6.30. The van der Waals surface area contributed by atoms with Crippen LogP contribution in [0.15, 0.2) is 53.3 Å². The van der Waals surface area contributed by atoms with Gasteiger partial charge in [0.25, 0.3) is 0 Å². The van der Waals surface area contributed by atoms with Gasteiger partial charge in [0.2, 0.25) is 0 Å². The summed E-state index contributed by atoms with van der Waals surface area (Å²) >= 11 is 3.50. The lowest BCUT2D eigenvalue weighted by molar-refractivity contribution is 0.268. The van der Waals surface area contributed by atoms with E-state index in [9.17, 15) is 0 Å². The first-order valence-corrected chi connectivity index (χ1v) is 8.10. The fourth-order valence-corrected chi connectivity index (χ4v) is 2.74. The maximum Gasteiger partial charge on any atom is 0.0307 e. The van der Waals surface area contributed by atoms with E-state index >= 15 is 0 Å². The third-order valence-electron chi connectivity index (χ3n) is 3.64.